The van der Waals surface area contributed by atoms with E-state index >= 15 is 0 Å². The van der Waals surface area contributed by atoms with E-state index in [-0.39, 0.29) is 0 Å². The third-order valence-electron chi connectivity index (χ3n) is 3.10. The molecule has 0 amide bonds. The third kappa shape index (κ3) is 1.83. The standard InChI is InChI=1S/C14H10F3N/c15-14(16,17)11-5-6-13-10(8-11)7-9-3-1-2-4-12(9)18-13/h1-6,8,18H,7H2. The first kappa shape index (κ1) is 11.1. The average molecular weight is 249 g/mol. The summed E-state index contributed by atoms with van der Waals surface area (Å²) in [5.41, 5.74) is 2.82. The maximum Gasteiger partial charge on any atom is 0.416 e. The van der Waals surface area contributed by atoms with Crippen molar-refractivity contribution in [3.8, 4) is 0 Å². The van der Waals surface area contributed by atoms with E-state index in [4.69, 9.17) is 0 Å². The monoisotopic (exact) mass is 249 g/mol. The minimum absolute atomic E-state index is 0.530. The number of fused-ring (bicyclic) bond motifs is 2. The summed E-state index contributed by atoms with van der Waals surface area (Å²) in [6.45, 7) is 0. The molecule has 1 aliphatic rings. The zero-order valence-electron chi connectivity index (χ0n) is 9.38. The summed E-state index contributed by atoms with van der Waals surface area (Å²) >= 11 is 0. The molecule has 0 atom stereocenters. The Morgan fingerprint density at radius 2 is 1.61 bits per heavy atom. The molecule has 0 aromatic heterocycles. The molecule has 2 aromatic carbocycles. The molecule has 0 unspecified atom stereocenters. The Morgan fingerprint density at radius 1 is 0.889 bits per heavy atom. The van der Waals surface area contributed by atoms with Gasteiger partial charge in [-0.1, -0.05) is 18.2 Å². The van der Waals surface area contributed by atoms with Crippen LogP contribution in [0.2, 0.25) is 0 Å². The van der Waals surface area contributed by atoms with Crippen molar-refractivity contribution >= 4 is 11.4 Å². The molecule has 1 N–H and O–H groups in total. The molecule has 3 rings (SSSR count). The Kier molecular flexibility index (Phi) is 2.33. The van der Waals surface area contributed by atoms with Crippen LogP contribution in [0.4, 0.5) is 24.5 Å². The summed E-state index contributed by atoms with van der Waals surface area (Å²) in [4.78, 5) is 0. The van der Waals surface area contributed by atoms with E-state index in [0.29, 0.717) is 12.0 Å². The molecular weight excluding hydrogens is 239 g/mol. The van der Waals surface area contributed by atoms with Crippen LogP contribution >= 0.6 is 0 Å². The van der Waals surface area contributed by atoms with Crippen LogP contribution in [0, 0.1) is 0 Å². The lowest BCUT2D eigenvalue weighted by Crippen LogP contribution is -2.10. The minimum atomic E-state index is -4.29. The van der Waals surface area contributed by atoms with Crippen molar-refractivity contribution in [2.24, 2.45) is 0 Å². The van der Waals surface area contributed by atoms with Crippen LogP contribution in [0.5, 0.6) is 0 Å². The van der Waals surface area contributed by atoms with Crippen molar-refractivity contribution in [3.05, 3.63) is 59.2 Å². The third-order valence-corrected chi connectivity index (χ3v) is 3.10. The fraction of sp³-hybridized carbons (Fsp3) is 0.143. The lowest BCUT2D eigenvalue weighted by Gasteiger charge is -2.22. The van der Waals surface area contributed by atoms with Crippen LogP contribution in [0.15, 0.2) is 42.5 Å². The molecule has 1 aliphatic heterocycles. The van der Waals surface area contributed by atoms with Crippen LogP contribution in [-0.4, -0.2) is 0 Å². The second-order valence-corrected chi connectivity index (χ2v) is 4.33. The van der Waals surface area contributed by atoms with E-state index < -0.39 is 11.7 Å². The number of hydrogen-bond donors (Lipinski definition) is 1. The number of anilines is 2. The molecular formula is C14H10F3N. The zero-order valence-corrected chi connectivity index (χ0v) is 9.38. The Hall–Kier alpha value is -1.97. The summed E-state index contributed by atoms with van der Waals surface area (Å²) in [7, 11) is 0. The molecule has 0 aliphatic carbocycles. The number of rotatable bonds is 0. The molecule has 0 spiro atoms. The maximum atomic E-state index is 12.6. The van der Waals surface area contributed by atoms with E-state index in [1.807, 2.05) is 24.3 Å². The van der Waals surface area contributed by atoms with E-state index in [1.54, 1.807) is 0 Å². The van der Waals surface area contributed by atoms with Crippen molar-refractivity contribution in [1.29, 1.82) is 0 Å². The normalized spacial score (nSPS) is 13.5. The number of alkyl halides is 3. The van der Waals surface area contributed by atoms with Gasteiger partial charge in [-0.3, -0.25) is 0 Å². The van der Waals surface area contributed by atoms with E-state index in [0.717, 1.165) is 23.0 Å². The van der Waals surface area contributed by atoms with E-state index in [2.05, 4.69) is 5.32 Å². The van der Waals surface area contributed by atoms with Gasteiger partial charge in [-0.05, 0) is 35.4 Å². The van der Waals surface area contributed by atoms with Crippen molar-refractivity contribution in [2.45, 2.75) is 12.6 Å². The second-order valence-electron chi connectivity index (χ2n) is 4.33. The first-order valence-electron chi connectivity index (χ1n) is 5.59. The number of para-hydroxylation sites is 1. The molecule has 0 radical (unpaired) electrons. The van der Waals surface area contributed by atoms with Gasteiger partial charge in [-0.25, -0.2) is 0 Å². The van der Waals surface area contributed by atoms with Crippen LogP contribution in [0.3, 0.4) is 0 Å². The van der Waals surface area contributed by atoms with Gasteiger partial charge in [0.15, 0.2) is 0 Å². The van der Waals surface area contributed by atoms with Gasteiger partial charge in [0.05, 0.1) is 5.56 Å². The summed E-state index contributed by atoms with van der Waals surface area (Å²) in [6.07, 6.45) is -3.76. The van der Waals surface area contributed by atoms with Crippen LogP contribution in [-0.2, 0) is 12.6 Å². The van der Waals surface area contributed by atoms with Crippen LogP contribution in [0.1, 0.15) is 16.7 Å². The molecule has 0 saturated carbocycles. The summed E-state index contributed by atoms with van der Waals surface area (Å²) in [6, 6.07) is 11.5. The highest BCUT2D eigenvalue weighted by atomic mass is 19.4. The average Bonchev–Trinajstić information content (AvgIpc) is 2.34. The summed E-state index contributed by atoms with van der Waals surface area (Å²) < 4.78 is 37.9. The fourth-order valence-corrected chi connectivity index (χ4v) is 2.18. The predicted molar refractivity (Wildman–Crippen MR) is 64.0 cm³/mol. The van der Waals surface area contributed by atoms with E-state index in [1.165, 1.54) is 12.1 Å². The van der Waals surface area contributed by atoms with Crippen molar-refractivity contribution in [1.82, 2.24) is 0 Å². The Labute approximate surface area is 102 Å². The SMILES string of the molecule is FC(F)(F)c1ccc2c(c1)Cc1ccccc1N2. The number of benzene rings is 2. The number of hydrogen-bond acceptors (Lipinski definition) is 1. The van der Waals surface area contributed by atoms with Gasteiger partial charge >= 0.3 is 6.18 Å². The predicted octanol–water partition coefficient (Wildman–Crippen LogP) is 4.35. The van der Waals surface area contributed by atoms with Crippen LogP contribution in [0.25, 0.3) is 0 Å². The zero-order chi connectivity index (χ0) is 12.8. The van der Waals surface area contributed by atoms with Crippen molar-refractivity contribution < 1.29 is 13.2 Å². The van der Waals surface area contributed by atoms with Crippen LogP contribution < -0.4 is 5.32 Å². The van der Waals surface area contributed by atoms with Crippen molar-refractivity contribution in [2.75, 3.05) is 5.32 Å². The molecule has 18 heavy (non-hydrogen) atoms. The Morgan fingerprint density at radius 3 is 2.39 bits per heavy atom. The summed E-state index contributed by atoms with van der Waals surface area (Å²) in [5.74, 6) is 0. The highest BCUT2D eigenvalue weighted by molar-refractivity contribution is 5.71. The molecule has 0 fully saturated rings. The highest BCUT2D eigenvalue weighted by Gasteiger charge is 2.31. The van der Waals surface area contributed by atoms with Gasteiger partial charge in [-0.15, -0.1) is 0 Å². The highest BCUT2D eigenvalue weighted by Crippen LogP contribution is 2.37. The fourth-order valence-electron chi connectivity index (χ4n) is 2.18. The summed E-state index contributed by atoms with van der Waals surface area (Å²) in [5, 5.41) is 3.15. The lowest BCUT2D eigenvalue weighted by atomic mass is 9.96. The van der Waals surface area contributed by atoms with Gasteiger partial charge < -0.3 is 5.32 Å². The smallest absolute Gasteiger partial charge is 0.355 e. The minimum Gasteiger partial charge on any atom is -0.355 e. The van der Waals surface area contributed by atoms with E-state index in [9.17, 15) is 13.2 Å². The quantitative estimate of drug-likeness (QED) is 0.624. The molecule has 1 nitrogen and oxygen atoms in total. The molecule has 0 saturated heterocycles. The molecule has 1 heterocycles. The topological polar surface area (TPSA) is 12.0 Å². The molecule has 0 bridgehead atoms. The largest absolute Gasteiger partial charge is 0.416 e. The number of halogens is 3. The van der Waals surface area contributed by atoms with Gasteiger partial charge in [-0.2, -0.15) is 13.2 Å². The first-order valence-corrected chi connectivity index (χ1v) is 5.59. The van der Waals surface area contributed by atoms with Gasteiger partial charge in [0, 0.05) is 17.8 Å². The molecule has 2 aromatic rings. The lowest BCUT2D eigenvalue weighted by molar-refractivity contribution is -0.137. The Balaban J connectivity index is 2.04. The Bertz CT molecular complexity index is 602. The van der Waals surface area contributed by atoms with Crippen molar-refractivity contribution in [3.63, 3.8) is 0 Å². The second kappa shape index (κ2) is 3.77. The van der Waals surface area contributed by atoms with Gasteiger partial charge in [0.25, 0.3) is 0 Å². The molecule has 4 heteroatoms. The first-order chi connectivity index (χ1) is 8.54. The van der Waals surface area contributed by atoms with Gasteiger partial charge in [0.2, 0.25) is 0 Å². The maximum absolute atomic E-state index is 12.6. The van der Waals surface area contributed by atoms with Gasteiger partial charge in [0.1, 0.15) is 0 Å². The number of nitrogens with one attached hydrogen (secondary N) is 1. The molecule has 92 valence electrons.